The molecule has 0 bridgehead atoms. The summed E-state index contributed by atoms with van der Waals surface area (Å²) in [6, 6.07) is 34.3. The molecule has 0 radical (unpaired) electrons. The first-order valence-electron chi connectivity index (χ1n) is 31.2. The molecule has 0 N–H and O–H groups in total. The van der Waals surface area contributed by atoms with Gasteiger partial charge in [-0.1, -0.05) is 142 Å². The summed E-state index contributed by atoms with van der Waals surface area (Å²) in [4.78, 5) is 58.7. The van der Waals surface area contributed by atoms with Crippen molar-refractivity contribution >= 4 is 23.6 Å². The SMILES string of the molecule is CC(C)c1ccc2c(c1)C(=O)N(C(C)C)C2=O.CC(C)c1ccc2c(c1)CC(=O)N(C(C)C)C2.CC(C)c1ccc2c(c1)CCN(C(C)C)C2.CC(C)c1ccc2c(c1)CCN(C(C)C)C2=O.CC(C)c1ccc2c(c1)CN(C(C)C)C2. The fourth-order valence-corrected chi connectivity index (χ4v) is 11.4. The average Bonchev–Trinajstić information content (AvgIpc) is 4.20. The molecule has 0 spiro atoms. The van der Waals surface area contributed by atoms with Crippen molar-refractivity contribution in [2.24, 2.45) is 0 Å². The van der Waals surface area contributed by atoms with Gasteiger partial charge < -0.3 is 9.80 Å². The first-order chi connectivity index (χ1) is 38.6. The zero-order valence-corrected chi connectivity index (χ0v) is 54.2. The lowest BCUT2D eigenvalue weighted by atomic mass is 9.92. The number of rotatable bonds is 10. The lowest BCUT2D eigenvalue weighted by Gasteiger charge is -2.32. The Kier molecular flexibility index (Phi) is 22.8. The Morgan fingerprint density at radius 2 is 0.695 bits per heavy atom. The van der Waals surface area contributed by atoms with Crippen LogP contribution in [0.1, 0.15) is 266 Å². The fourth-order valence-electron chi connectivity index (χ4n) is 11.4. The Hall–Kier alpha value is -5.90. The predicted molar refractivity (Wildman–Crippen MR) is 341 cm³/mol. The second-order valence-electron chi connectivity index (χ2n) is 26.6. The average molecular weight is 1110 g/mol. The third-order valence-electron chi connectivity index (χ3n) is 17.2. The molecule has 0 unspecified atom stereocenters. The molecule has 10 rings (SSSR count). The van der Waals surface area contributed by atoms with Crippen LogP contribution >= 0.6 is 0 Å². The van der Waals surface area contributed by atoms with Gasteiger partial charge in [-0.05, 0) is 197 Å². The van der Waals surface area contributed by atoms with E-state index in [9.17, 15) is 19.2 Å². The maximum atomic E-state index is 12.3. The molecular weight excluding hydrogens is 1010 g/mol. The van der Waals surface area contributed by atoms with Crippen molar-refractivity contribution in [2.75, 3.05) is 13.1 Å². The molecular formula is C73H103N5O4. The Balaban J connectivity index is 0.000000165. The molecule has 4 amide bonds. The molecule has 9 heteroatoms. The number of benzene rings is 5. The molecule has 5 heterocycles. The van der Waals surface area contributed by atoms with Gasteiger partial charge in [0.1, 0.15) is 0 Å². The molecule has 444 valence electrons. The van der Waals surface area contributed by atoms with E-state index in [1.54, 1.807) is 11.6 Å². The molecule has 0 saturated carbocycles. The second kappa shape index (κ2) is 28.6. The number of carbonyl (C=O) groups excluding carboxylic acids is 4. The minimum absolute atomic E-state index is 0.0927. The third kappa shape index (κ3) is 16.0. The van der Waals surface area contributed by atoms with Gasteiger partial charge in [0.2, 0.25) is 5.91 Å². The highest BCUT2D eigenvalue weighted by molar-refractivity contribution is 6.21. The van der Waals surface area contributed by atoms with Gasteiger partial charge in [0.25, 0.3) is 17.7 Å². The molecule has 0 atom stereocenters. The van der Waals surface area contributed by atoms with Crippen molar-refractivity contribution in [1.82, 2.24) is 24.5 Å². The highest BCUT2D eigenvalue weighted by Gasteiger charge is 2.37. The Bertz CT molecular complexity index is 3010. The summed E-state index contributed by atoms with van der Waals surface area (Å²) in [6.07, 6.45) is 2.77. The zero-order valence-electron chi connectivity index (χ0n) is 54.2. The highest BCUT2D eigenvalue weighted by atomic mass is 16.2. The number of hydrogen-bond acceptors (Lipinski definition) is 6. The van der Waals surface area contributed by atoms with Gasteiger partial charge in [-0.2, -0.15) is 0 Å². The van der Waals surface area contributed by atoms with E-state index >= 15 is 0 Å². The Morgan fingerprint density at radius 3 is 1.18 bits per heavy atom. The Morgan fingerprint density at radius 1 is 0.305 bits per heavy atom. The van der Waals surface area contributed by atoms with E-state index < -0.39 is 0 Å². The molecule has 0 aromatic heterocycles. The first-order valence-corrected chi connectivity index (χ1v) is 31.2. The largest absolute Gasteiger partial charge is 0.336 e. The summed E-state index contributed by atoms with van der Waals surface area (Å²) in [5, 5.41) is 0. The van der Waals surface area contributed by atoms with Crippen LogP contribution < -0.4 is 0 Å². The number of fused-ring (bicyclic) bond motifs is 5. The molecule has 0 aliphatic carbocycles. The van der Waals surface area contributed by atoms with E-state index in [4.69, 9.17) is 0 Å². The van der Waals surface area contributed by atoms with Crippen molar-refractivity contribution < 1.29 is 19.2 Å². The minimum atomic E-state index is -0.171. The lowest BCUT2D eigenvalue weighted by Crippen LogP contribution is -2.42. The van der Waals surface area contributed by atoms with Crippen LogP contribution in [0.3, 0.4) is 0 Å². The van der Waals surface area contributed by atoms with Gasteiger partial charge in [-0.25, -0.2) is 0 Å². The number of nitrogens with zero attached hydrogens (tertiary/aromatic N) is 5. The first kappa shape index (κ1) is 65.3. The summed E-state index contributed by atoms with van der Waals surface area (Å²) in [5.74, 6) is 2.81. The van der Waals surface area contributed by atoms with Crippen LogP contribution in [0.25, 0.3) is 0 Å². The Labute approximate surface area is 496 Å². The molecule has 5 aromatic rings. The lowest BCUT2D eigenvalue weighted by molar-refractivity contribution is -0.133. The monoisotopic (exact) mass is 1110 g/mol. The fraction of sp³-hybridized carbons (Fsp3) is 0.534. The van der Waals surface area contributed by atoms with Crippen molar-refractivity contribution in [3.05, 3.63) is 174 Å². The van der Waals surface area contributed by atoms with E-state index in [0.29, 0.717) is 71.3 Å². The number of amides is 4. The molecule has 5 aliphatic rings. The number of imide groups is 1. The second-order valence-corrected chi connectivity index (χ2v) is 26.6. The summed E-state index contributed by atoms with van der Waals surface area (Å²) < 4.78 is 0. The van der Waals surface area contributed by atoms with E-state index in [1.807, 2.05) is 41.8 Å². The van der Waals surface area contributed by atoms with Crippen LogP contribution in [-0.4, -0.2) is 91.4 Å². The molecule has 0 saturated heterocycles. The minimum Gasteiger partial charge on any atom is -0.336 e. The van der Waals surface area contributed by atoms with Gasteiger partial charge in [0.15, 0.2) is 0 Å². The van der Waals surface area contributed by atoms with Crippen molar-refractivity contribution in [3.63, 3.8) is 0 Å². The van der Waals surface area contributed by atoms with E-state index in [1.165, 1.54) is 73.5 Å². The zero-order chi connectivity index (χ0) is 60.6. The maximum Gasteiger partial charge on any atom is 0.261 e. The summed E-state index contributed by atoms with van der Waals surface area (Å²) >= 11 is 0. The van der Waals surface area contributed by atoms with Crippen LogP contribution in [0, 0.1) is 0 Å². The van der Waals surface area contributed by atoms with Crippen molar-refractivity contribution in [3.8, 4) is 0 Å². The van der Waals surface area contributed by atoms with Gasteiger partial charge >= 0.3 is 0 Å². The van der Waals surface area contributed by atoms with Crippen LogP contribution in [0.4, 0.5) is 0 Å². The van der Waals surface area contributed by atoms with Gasteiger partial charge in [-0.15, -0.1) is 0 Å². The highest BCUT2D eigenvalue weighted by Crippen LogP contribution is 2.32. The smallest absolute Gasteiger partial charge is 0.261 e. The van der Waals surface area contributed by atoms with Crippen LogP contribution in [-0.2, 0) is 50.2 Å². The van der Waals surface area contributed by atoms with Gasteiger partial charge in [0.05, 0.1) is 17.5 Å². The summed E-state index contributed by atoms with van der Waals surface area (Å²) in [7, 11) is 0. The molecule has 5 aromatic carbocycles. The van der Waals surface area contributed by atoms with Gasteiger partial charge in [0, 0.05) is 75.0 Å². The number of hydrogen-bond donors (Lipinski definition) is 0. The van der Waals surface area contributed by atoms with E-state index in [-0.39, 0.29) is 29.7 Å². The standard InChI is InChI=1S/2C15H21NO.C15H23N.C14H17NO2.C14H21N/c1-10(2)12-5-6-13-9-16(11(3)4)15(17)8-14(13)7-12;1-10(2)12-5-6-14-13(9-12)7-8-16(11(3)4)15(14)17;1-11(2)13-5-6-15-10-16(12(3)4)8-7-14(15)9-13;1-8(2)10-5-6-11-12(7-10)14(17)15(9(3)4)13(11)16;1-10(2)12-5-6-13-8-15(11(3)4)9-14(13)7-12/h5-7,10-11H,8-9H2,1-4H3;5-6,9-11H,7-8H2,1-4H3;5-6,9,11-12H,7-8,10H2,1-4H3;5-9H,1-4H3;5-7,10-11H,8-9H2,1-4H3. The topological polar surface area (TPSA) is 84.5 Å². The maximum absolute atomic E-state index is 12.3. The molecule has 82 heavy (non-hydrogen) atoms. The molecule has 5 aliphatic heterocycles. The summed E-state index contributed by atoms with van der Waals surface area (Å²) in [6.45, 7) is 49.3. The summed E-state index contributed by atoms with van der Waals surface area (Å²) in [5.41, 5.74) is 18.6. The van der Waals surface area contributed by atoms with E-state index in [0.717, 1.165) is 50.3 Å². The van der Waals surface area contributed by atoms with Crippen molar-refractivity contribution in [1.29, 1.82) is 0 Å². The van der Waals surface area contributed by atoms with Crippen molar-refractivity contribution in [2.45, 2.75) is 244 Å². The van der Waals surface area contributed by atoms with Gasteiger partial charge in [-0.3, -0.25) is 33.9 Å². The third-order valence-corrected chi connectivity index (χ3v) is 17.2. The molecule has 9 nitrogen and oxygen atoms in total. The molecule has 0 fully saturated rings. The van der Waals surface area contributed by atoms with Crippen LogP contribution in [0.5, 0.6) is 0 Å². The number of carbonyl (C=O) groups is 4. The van der Waals surface area contributed by atoms with Crippen LogP contribution in [0.15, 0.2) is 91.0 Å². The quantitative estimate of drug-likeness (QED) is 0.130. The normalized spacial score (nSPS) is 15.9. The predicted octanol–water partition coefficient (Wildman–Crippen LogP) is 16.2. The van der Waals surface area contributed by atoms with E-state index in [2.05, 4.69) is 201 Å². The van der Waals surface area contributed by atoms with Crippen LogP contribution in [0.2, 0.25) is 0 Å².